The Morgan fingerprint density at radius 3 is 2.80 bits per heavy atom. The molecule has 20 heavy (non-hydrogen) atoms. The number of nitrogens with one attached hydrogen (secondary N) is 1. The van der Waals surface area contributed by atoms with Gasteiger partial charge in [0.15, 0.2) is 0 Å². The summed E-state index contributed by atoms with van der Waals surface area (Å²) >= 11 is 5.74. The third kappa shape index (κ3) is 3.07. The molecule has 0 unspecified atom stereocenters. The molecule has 1 aromatic carbocycles. The Kier molecular flexibility index (Phi) is 3.90. The van der Waals surface area contributed by atoms with Gasteiger partial charge in [0, 0.05) is 12.3 Å². The number of halogens is 2. The van der Waals surface area contributed by atoms with Gasteiger partial charge in [0.05, 0.1) is 22.2 Å². The number of amides is 1. The van der Waals surface area contributed by atoms with E-state index in [1.54, 1.807) is 0 Å². The quantitative estimate of drug-likeness (QED) is 0.536. The fraction of sp³-hybridized carbons (Fsp3) is 0. The highest BCUT2D eigenvalue weighted by Crippen LogP contribution is 2.21. The van der Waals surface area contributed by atoms with Crippen molar-refractivity contribution in [1.82, 2.24) is 4.98 Å². The molecule has 1 N–H and O–H groups in total. The van der Waals surface area contributed by atoms with E-state index in [4.69, 9.17) is 11.6 Å². The molecule has 0 aliphatic rings. The molecule has 0 aliphatic carbocycles. The van der Waals surface area contributed by atoms with Crippen molar-refractivity contribution < 1.29 is 14.1 Å². The Morgan fingerprint density at radius 1 is 1.40 bits per heavy atom. The largest absolute Gasteiger partial charge is 0.322 e. The number of carbonyl (C=O) groups is 1. The molecule has 1 aromatic heterocycles. The summed E-state index contributed by atoms with van der Waals surface area (Å²) < 4.78 is 13.2. The second-order valence-electron chi connectivity index (χ2n) is 3.75. The van der Waals surface area contributed by atoms with Crippen LogP contribution in [-0.2, 0) is 0 Å². The summed E-state index contributed by atoms with van der Waals surface area (Å²) in [5.41, 5.74) is -0.416. The average Bonchev–Trinajstić information content (AvgIpc) is 2.38. The van der Waals surface area contributed by atoms with E-state index in [0.29, 0.717) is 0 Å². The standard InChI is InChI=1S/C12H7ClFN3O3/c13-11-10(2-1-3-15-11)12(18)16-8-4-7(14)5-9(6-8)17(19)20/h1-6H,(H,16,18). The maximum absolute atomic E-state index is 13.2. The number of aromatic nitrogens is 1. The molecule has 1 amide bonds. The van der Waals surface area contributed by atoms with Crippen LogP contribution in [0.3, 0.4) is 0 Å². The molecule has 0 spiro atoms. The van der Waals surface area contributed by atoms with Gasteiger partial charge in [-0.2, -0.15) is 0 Å². The number of nitrogens with zero attached hydrogens (tertiary/aromatic N) is 2. The van der Waals surface area contributed by atoms with E-state index in [-0.39, 0.29) is 16.4 Å². The molecular weight excluding hydrogens is 289 g/mol. The van der Waals surface area contributed by atoms with Crippen LogP contribution < -0.4 is 5.32 Å². The number of non-ortho nitro benzene ring substituents is 1. The van der Waals surface area contributed by atoms with Gasteiger partial charge in [-0.15, -0.1) is 0 Å². The van der Waals surface area contributed by atoms with E-state index in [0.717, 1.165) is 18.2 Å². The van der Waals surface area contributed by atoms with Crippen LogP contribution in [0, 0.1) is 15.9 Å². The van der Waals surface area contributed by atoms with E-state index < -0.39 is 22.3 Å². The molecule has 0 bridgehead atoms. The van der Waals surface area contributed by atoms with Crippen LogP contribution in [0.2, 0.25) is 5.15 Å². The molecule has 2 rings (SSSR count). The van der Waals surface area contributed by atoms with Crippen molar-refractivity contribution in [2.45, 2.75) is 0 Å². The topological polar surface area (TPSA) is 85.1 Å². The molecule has 2 aromatic rings. The molecule has 6 nitrogen and oxygen atoms in total. The lowest BCUT2D eigenvalue weighted by atomic mass is 10.2. The third-order valence-electron chi connectivity index (χ3n) is 2.35. The summed E-state index contributed by atoms with van der Waals surface area (Å²) in [6.07, 6.45) is 1.41. The summed E-state index contributed by atoms with van der Waals surface area (Å²) in [5.74, 6) is -1.46. The molecule has 1 heterocycles. The van der Waals surface area contributed by atoms with Crippen molar-refractivity contribution in [1.29, 1.82) is 0 Å². The van der Waals surface area contributed by atoms with Crippen LogP contribution in [0.1, 0.15) is 10.4 Å². The van der Waals surface area contributed by atoms with Crippen LogP contribution in [0.5, 0.6) is 0 Å². The minimum Gasteiger partial charge on any atom is -0.322 e. The first-order valence-electron chi connectivity index (χ1n) is 5.34. The van der Waals surface area contributed by atoms with E-state index in [1.807, 2.05) is 0 Å². The maximum Gasteiger partial charge on any atom is 0.274 e. The first-order valence-corrected chi connectivity index (χ1v) is 5.72. The molecule has 0 fully saturated rings. The van der Waals surface area contributed by atoms with Crippen LogP contribution in [0.15, 0.2) is 36.5 Å². The number of anilines is 1. The third-order valence-corrected chi connectivity index (χ3v) is 2.66. The number of benzene rings is 1. The number of hydrogen-bond donors (Lipinski definition) is 1. The highest BCUT2D eigenvalue weighted by Gasteiger charge is 2.14. The Balaban J connectivity index is 2.28. The van der Waals surface area contributed by atoms with Gasteiger partial charge in [0.25, 0.3) is 11.6 Å². The van der Waals surface area contributed by atoms with Crippen molar-refractivity contribution in [3.63, 3.8) is 0 Å². The van der Waals surface area contributed by atoms with Crippen molar-refractivity contribution >= 4 is 28.9 Å². The number of pyridine rings is 1. The van der Waals surface area contributed by atoms with Gasteiger partial charge in [0.1, 0.15) is 11.0 Å². The van der Waals surface area contributed by atoms with Crippen LogP contribution in [0.25, 0.3) is 0 Å². The summed E-state index contributed by atoms with van der Waals surface area (Å²) in [7, 11) is 0. The molecule has 8 heteroatoms. The number of rotatable bonds is 3. The molecule has 0 aliphatic heterocycles. The second-order valence-corrected chi connectivity index (χ2v) is 4.11. The lowest BCUT2D eigenvalue weighted by molar-refractivity contribution is -0.385. The van der Waals surface area contributed by atoms with Gasteiger partial charge >= 0.3 is 0 Å². The monoisotopic (exact) mass is 295 g/mol. The second kappa shape index (κ2) is 5.62. The van der Waals surface area contributed by atoms with Crippen LogP contribution in [0.4, 0.5) is 15.8 Å². The van der Waals surface area contributed by atoms with E-state index >= 15 is 0 Å². The molecule has 0 atom stereocenters. The van der Waals surface area contributed by atoms with Gasteiger partial charge < -0.3 is 5.32 Å². The number of nitro benzene ring substituents is 1. The molecular formula is C12H7ClFN3O3. The summed E-state index contributed by atoms with van der Waals surface area (Å²) in [6.45, 7) is 0. The first kappa shape index (κ1) is 13.9. The highest BCUT2D eigenvalue weighted by atomic mass is 35.5. The lowest BCUT2D eigenvalue weighted by Crippen LogP contribution is -2.13. The van der Waals surface area contributed by atoms with Gasteiger partial charge in [-0.05, 0) is 18.2 Å². The van der Waals surface area contributed by atoms with E-state index in [1.165, 1.54) is 18.3 Å². The van der Waals surface area contributed by atoms with E-state index in [9.17, 15) is 19.3 Å². The smallest absolute Gasteiger partial charge is 0.274 e. The minimum absolute atomic E-state index is 0.0177. The van der Waals surface area contributed by atoms with E-state index in [2.05, 4.69) is 10.3 Å². The Morgan fingerprint density at radius 2 is 2.15 bits per heavy atom. The Labute approximate surface area is 117 Å². The van der Waals surface area contributed by atoms with Crippen molar-refractivity contribution in [2.75, 3.05) is 5.32 Å². The fourth-order valence-corrected chi connectivity index (χ4v) is 1.71. The average molecular weight is 296 g/mol. The summed E-state index contributed by atoms with van der Waals surface area (Å²) in [6, 6.07) is 5.71. The van der Waals surface area contributed by atoms with Crippen LogP contribution in [-0.4, -0.2) is 15.8 Å². The first-order chi connectivity index (χ1) is 9.47. The summed E-state index contributed by atoms with van der Waals surface area (Å²) in [5, 5.41) is 12.9. The van der Waals surface area contributed by atoms with Crippen molar-refractivity contribution in [2.24, 2.45) is 0 Å². The number of nitro groups is 1. The van der Waals surface area contributed by atoms with Gasteiger partial charge in [0.2, 0.25) is 0 Å². The zero-order valence-electron chi connectivity index (χ0n) is 9.84. The van der Waals surface area contributed by atoms with Crippen LogP contribution >= 0.6 is 11.6 Å². The van der Waals surface area contributed by atoms with Crippen molar-refractivity contribution in [3.8, 4) is 0 Å². The zero-order valence-corrected chi connectivity index (χ0v) is 10.6. The normalized spacial score (nSPS) is 10.1. The highest BCUT2D eigenvalue weighted by molar-refractivity contribution is 6.33. The van der Waals surface area contributed by atoms with Gasteiger partial charge in [-0.3, -0.25) is 14.9 Å². The number of carbonyl (C=O) groups excluding carboxylic acids is 1. The predicted molar refractivity (Wildman–Crippen MR) is 70.3 cm³/mol. The van der Waals surface area contributed by atoms with Gasteiger partial charge in [-0.1, -0.05) is 11.6 Å². The zero-order chi connectivity index (χ0) is 14.7. The number of hydrogen-bond acceptors (Lipinski definition) is 4. The summed E-state index contributed by atoms with van der Waals surface area (Å²) in [4.78, 5) is 25.5. The predicted octanol–water partition coefficient (Wildman–Crippen LogP) is 3.03. The SMILES string of the molecule is O=C(Nc1cc(F)cc([N+](=O)[O-])c1)c1cccnc1Cl. The maximum atomic E-state index is 13.2. The lowest BCUT2D eigenvalue weighted by Gasteiger charge is -2.06. The molecule has 0 radical (unpaired) electrons. The Hall–Kier alpha value is -2.54. The molecule has 0 saturated carbocycles. The molecule has 0 saturated heterocycles. The Bertz CT molecular complexity index is 693. The van der Waals surface area contributed by atoms with Crippen molar-refractivity contribution in [3.05, 3.63) is 63.2 Å². The fourth-order valence-electron chi connectivity index (χ4n) is 1.51. The van der Waals surface area contributed by atoms with Gasteiger partial charge in [-0.25, -0.2) is 9.37 Å². The minimum atomic E-state index is -0.827. The molecule has 102 valence electrons.